The van der Waals surface area contributed by atoms with Crippen LogP contribution in [0, 0.1) is 6.92 Å². The maximum absolute atomic E-state index is 12.3. The van der Waals surface area contributed by atoms with Crippen LogP contribution in [0.15, 0.2) is 28.7 Å². The number of benzene rings is 1. The van der Waals surface area contributed by atoms with Gasteiger partial charge in [-0.25, -0.2) is 4.98 Å². The lowest BCUT2D eigenvalue weighted by Crippen LogP contribution is -2.46. The van der Waals surface area contributed by atoms with Crippen LogP contribution in [0.3, 0.4) is 0 Å². The number of hydrogen-bond donors (Lipinski definition) is 2. The van der Waals surface area contributed by atoms with Crippen molar-refractivity contribution in [2.24, 2.45) is 5.73 Å². The third-order valence-corrected chi connectivity index (χ3v) is 3.61. The van der Waals surface area contributed by atoms with E-state index in [4.69, 9.17) is 21.8 Å². The lowest BCUT2D eigenvalue weighted by atomic mass is 10.1. The Bertz CT molecular complexity index is 710. The molecule has 1 unspecified atom stereocenters. The van der Waals surface area contributed by atoms with Crippen LogP contribution in [0.5, 0.6) is 0 Å². The van der Waals surface area contributed by atoms with Gasteiger partial charge < -0.3 is 15.5 Å². The van der Waals surface area contributed by atoms with Crippen molar-refractivity contribution in [1.29, 1.82) is 0 Å². The Morgan fingerprint density at radius 2 is 2.00 bits per heavy atom. The molecule has 23 heavy (non-hydrogen) atoms. The van der Waals surface area contributed by atoms with E-state index in [1.807, 2.05) is 6.92 Å². The number of rotatable bonds is 6. The molecule has 122 valence electrons. The van der Waals surface area contributed by atoms with Crippen molar-refractivity contribution in [3.8, 4) is 0 Å². The maximum Gasteiger partial charge on any atom is 0.274 e. The summed E-state index contributed by atoms with van der Waals surface area (Å²) in [6.45, 7) is 3.53. The Kier molecular flexibility index (Phi) is 5.39. The number of primary amides is 1. The van der Waals surface area contributed by atoms with Gasteiger partial charge in [-0.1, -0.05) is 30.7 Å². The highest BCUT2D eigenvalue weighted by Crippen LogP contribution is 2.13. The van der Waals surface area contributed by atoms with Gasteiger partial charge in [-0.3, -0.25) is 9.59 Å². The molecule has 1 aromatic carbocycles. The highest BCUT2D eigenvalue weighted by molar-refractivity contribution is 6.30. The minimum absolute atomic E-state index is 0.171. The summed E-state index contributed by atoms with van der Waals surface area (Å²) in [4.78, 5) is 28.0. The number of aryl methyl sites for hydroxylation is 2. The lowest BCUT2D eigenvalue weighted by Gasteiger charge is -2.15. The van der Waals surface area contributed by atoms with Gasteiger partial charge in [-0.05, 0) is 24.6 Å². The molecule has 0 aliphatic heterocycles. The molecule has 7 heteroatoms. The first-order chi connectivity index (χ1) is 10.9. The summed E-state index contributed by atoms with van der Waals surface area (Å²) in [7, 11) is 0. The third-order valence-electron chi connectivity index (χ3n) is 3.36. The van der Waals surface area contributed by atoms with Crippen LogP contribution in [0.4, 0.5) is 0 Å². The van der Waals surface area contributed by atoms with E-state index in [2.05, 4.69) is 10.3 Å². The largest absolute Gasteiger partial charge is 0.445 e. The van der Waals surface area contributed by atoms with E-state index in [-0.39, 0.29) is 12.1 Å². The van der Waals surface area contributed by atoms with Crippen LogP contribution in [-0.4, -0.2) is 22.8 Å². The Morgan fingerprint density at radius 1 is 1.35 bits per heavy atom. The Balaban J connectivity index is 2.12. The highest BCUT2D eigenvalue weighted by Gasteiger charge is 2.23. The van der Waals surface area contributed by atoms with Crippen LogP contribution in [-0.2, 0) is 17.6 Å². The second-order valence-corrected chi connectivity index (χ2v) is 5.56. The second kappa shape index (κ2) is 7.28. The van der Waals surface area contributed by atoms with Crippen molar-refractivity contribution in [2.75, 3.05) is 0 Å². The monoisotopic (exact) mass is 335 g/mol. The predicted octanol–water partition coefficient (Wildman–Crippen LogP) is 2.03. The Labute approximate surface area is 139 Å². The number of halogens is 1. The zero-order chi connectivity index (χ0) is 17.0. The van der Waals surface area contributed by atoms with Crippen molar-refractivity contribution in [3.63, 3.8) is 0 Å². The molecule has 1 aromatic heterocycles. The van der Waals surface area contributed by atoms with Gasteiger partial charge in [0.25, 0.3) is 5.91 Å². The summed E-state index contributed by atoms with van der Waals surface area (Å²) in [6.07, 6.45) is 0.855. The smallest absolute Gasteiger partial charge is 0.274 e. The van der Waals surface area contributed by atoms with Gasteiger partial charge in [-0.15, -0.1) is 0 Å². The van der Waals surface area contributed by atoms with E-state index < -0.39 is 17.9 Å². The van der Waals surface area contributed by atoms with Crippen LogP contribution in [0.25, 0.3) is 0 Å². The minimum Gasteiger partial charge on any atom is -0.445 e. The number of nitrogens with one attached hydrogen (secondary N) is 1. The first-order valence-electron chi connectivity index (χ1n) is 7.21. The summed E-state index contributed by atoms with van der Waals surface area (Å²) in [6, 6.07) is 6.14. The summed E-state index contributed by atoms with van der Waals surface area (Å²) in [5.41, 5.74) is 6.39. The van der Waals surface area contributed by atoms with Gasteiger partial charge in [0.15, 0.2) is 11.6 Å². The Hall–Kier alpha value is -2.34. The summed E-state index contributed by atoms with van der Waals surface area (Å²) in [5.74, 6) is -0.219. The van der Waals surface area contributed by atoms with E-state index in [9.17, 15) is 9.59 Å². The number of hydrogen-bond acceptors (Lipinski definition) is 4. The Morgan fingerprint density at radius 3 is 2.52 bits per heavy atom. The van der Waals surface area contributed by atoms with Gasteiger partial charge in [0, 0.05) is 17.9 Å². The second-order valence-electron chi connectivity index (χ2n) is 5.12. The number of nitrogens with two attached hydrogens (primary N) is 1. The first kappa shape index (κ1) is 17.0. The van der Waals surface area contributed by atoms with E-state index >= 15 is 0 Å². The van der Waals surface area contributed by atoms with E-state index in [1.54, 1.807) is 31.2 Å². The summed E-state index contributed by atoms with van der Waals surface area (Å²) < 4.78 is 5.36. The normalized spacial score (nSPS) is 12.0. The number of carbonyl (C=O) groups excluding carboxylic acids is 2. The molecular weight excluding hydrogens is 318 g/mol. The van der Waals surface area contributed by atoms with Crippen LogP contribution in [0.1, 0.15) is 34.6 Å². The SMILES string of the molecule is CCc1nc(C(=O)NC(Cc2ccc(Cl)cc2)C(N)=O)c(C)o1. The number of oxazole rings is 1. The van der Waals surface area contributed by atoms with Crippen molar-refractivity contribution in [3.05, 3.63) is 52.2 Å². The van der Waals surface area contributed by atoms with E-state index in [1.165, 1.54) is 0 Å². The molecule has 0 saturated heterocycles. The zero-order valence-electron chi connectivity index (χ0n) is 12.9. The quantitative estimate of drug-likeness (QED) is 0.843. The summed E-state index contributed by atoms with van der Waals surface area (Å²) in [5, 5.41) is 3.20. The van der Waals surface area contributed by atoms with Gasteiger partial charge >= 0.3 is 0 Å². The molecule has 0 aliphatic rings. The first-order valence-corrected chi connectivity index (χ1v) is 7.59. The lowest BCUT2D eigenvalue weighted by molar-refractivity contribution is -0.119. The fourth-order valence-electron chi connectivity index (χ4n) is 2.12. The van der Waals surface area contributed by atoms with Gasteiger partial charge in [0.1, 0.15) is 11.8 Å². The van der Waals surface area contributed by atoms with Crippen molar-refractivity contribution in [2.45, 2.75) is 32.7 Å². The minimum atomic E-state index is -0.843. The van der Waals surface area contributed by atoms with Crippen LogP contribution < -0.4 is 11.1 Å². The van der Waals surface area contributed by atoms with Crippen molar-refractivity contribution < 1.29 is 14.0 Å². The van der Waals surface area contributed by atoms with Gasteiger partial charge in [0.2, 0.25) is 5.91 Å². The molecule has 0 bridgehead atoms. The summed E-state index contributed by atoms with van der Waals surface area (Å²) >= 11 is 5.83. The average Bonchev–Trinajstić information content (AvgIpc) is 2.89. The molecule has 3 N–H and O–H groups in total. The molecule has 2 aromatic rings. The molecule has 1 atom stereocenters. The average molecular weight is 336 g/mol. The molecule has 0 radical (unpaired) electrons. The zero-order valence-corrected chi connectivity index (χ0v) is 13.7. The molecule has 0 saturated carbocycles. The molecule has 0 aliphatic carbocycles. The van der Waals surface area contributed by atoms with Gasteiger partial charge in [-0.2, -0.15) is 0 Å². The highest BCUT2D eigenvalue weighted by atomic mass is 35.5. The molecular formula is C16H18ClN3O3. The van der Waals surface area contributed by atoms with Gasteiger partial charge in [0.05, 0.1) is 0 Å². The van der Waals surface area contributed by atoms with Crippen LogP contribution in [0.2, 0.25) is 5.02 Å². The fraction of sp³-hybridized carbons (Fsp3) is 0.312. The topological polar surface area (TPSA) is 98.2 Å². The number of amides is 2. The molecule has 6 nitrogen and oxygen atoms in total. The van der Waals surface area contributed by atoms with E-state index in [0.717, 1.165) is 5.56 Å². The van der Waals surface area contributed by atoms with Crippen molar-refractivity contribution >= 4 is 23.4 Å². The molecule has 0 fully saturated rings. The van der Waals surface area contributed by atoms with E-state index in [0.29, 0.717) is 23.1 Å². The molecule has 1 heterocycles. The number of carbonyl (C=O) groups is 2. The molecule has 0 spiro atoms. The third kappa shape index (κ3) is 4.32. The maximum atomic E-state index is 12.3. The predicted molar refractivity (Wildman–Crippen MR) is 86.2 cm³/mol. The van der Waals surface area contributed by atoms with Crippen molar-refractivity contribution in [1.82, 2.24) is 10.3 Å². The van der Waals surface area contributed by atoms with Crippen LogP contribution >= 0.6 is 11.6 Å². The number of nitrogens with zero attached hydrogens (tertiary/aromatic N) is 1. The standard InChI is InChI=1S/C16H18ClN3O3/c1-3-13-20-14(9(2)23-13)16(22)19-12(15(18)21)8-10-4-6-11(17)7-5-10/h4-7,12H,3,8H2,1-2H3,(H2,18,21)(H,19,22). The molecule has 2 amide bonds. The number of aromatic nitrogens is 1. The molecule has 2 rings (SSSR count). The fourth-order valence-corrected chi connectivity index (χ4v) is 2.24.